The van der Waals surface area contributed by atoms with E-state index >= 15 is 0 Å². The minimum Gasteiger partial charge on any atom is -0.479 e. The minimum atomic E-state index is -1.47. The zero-order valence-corrected chi connectivity index (χ0v) is 24.7. The summed E-state index contributed by atoms with van der Waals surface area (Å²) in [6.45, 7) is 0.177. The number of halogens is 1. The molecule has 3 aliphatic heterocycles. The van der Waals surface area contributed by atoms with Gasteiger partial charge in [0.05, 0.1) is 19.2 Å². The van der Waals surface area contributed by atoms with Crippen molar-refractivity contribution in [3.8, 4) is 0 Å². The summed E-state index contributed by atoms with van der Waals surface area (Å²) in [5, 5.41) is 15.2. The molecule has 238 valence electrons. The molecule has 12 nitrogen and oxygen atoms in total. The van der Waals surface area contributed by atoms with Gasteiger partial charge in [-0.3, -0.25) is 19.3 Å². The molecule has 3 heterocycles. The van der Waals surface area contributed by atoms with Crippen molar-refractivity contribution in [1.82, 2.24) is 20.4 Å². The van der Waals surface area contributed by atoms with E-state index in [0.717, 1.165) is 19.3 Å². The van der Waals surface area contributed by atoms with Gasteiger partial charge in [-0.25, -0.2) is 14.0 Å². The van der Waals surface area contributed by atoms with Gasteiger partial charge in [0.1, 0.15) is 29.5 Å². The summed E-state index contributed by atoms with van der Waals surface area (Å²) in [5.74, 6) is -3.04. The van der Waals surface area contributed by atoms with Crippen LogP contribution in [-0.2, 0) is 35.1 Å². The van der Waals surface area contributed by atoms with Crippen LogP contribution in [0.15, 0.2) is 30.4 Å². The molecule has 4 aliphatic rings. The third-order valence-electron chi connectivity index (χ3n) is 9.21. The number of fused-ring (bicyclic) bond motifs is 3. The fraction of sp³-hybridized carbons (Fsp3) is 0.581. The van der Waals surface area contributed by atoms with Crippen molar-refractivity contribution in [2.75, 3.05) is 26.8 Å². The number of nitrogens with one attached hydrogen (secondary N) is 2. The van der Waals surface area contributed by atoms with Crippen LogP contribution in [0.25, 0.3) is 0 Å². The second-order valence-corrected chi connectivity index (χ2v) is 11.9. The molecule has 5 rings (SSSR count). The number of allylic oxidation sites excluding steroid dienone is 1. The second-order valence-electron chi connectivity index (χ2n) is 11.9. The third kappa shape index (κ3) is 6.28. The van der Waals surface area contributed by atoms with Crippen molar-refractivity contribution in [2.24, 2.45) is 5.92 Å². The van der Waals surface area contributed by atoms with Gasteiger partial charge in [0.25, 0.3) is 0 Å². The van der Waals surface area contributed by atoms with Crippen molar-refractivity contribution >= 4 is 30.3 Å². The van der Waals surface area contributed by atoms with E-state index in [1.807, 2.05) is 12.2 Å². The van der Waals surface area contributed by atoms with E-state index < -0.39 is 53.6 Å². The van der Waals surface area contributed by atoms with Crippen molar-refractivity contribution in [2.45, 2.75) is 81.1 Å². The molecule has 44 heavy (non-hydrogen) atoms. The van der Waals surface area contributed by atoms with Crippen LogP contribution in [0.3, 0.4) is 0 Å². The van der Waals surface area contributed by atoms with Crippen LogP contribution in [-0.4, -0.2) is 95.7 Å². The summed E-state index contributed by atoms with van der Waals surface area (Å²) < 4.78 is 25.7. The van der Waals surface area contributed by atoms with Gasteiger partial charge in [-0.15, -0.1) is 0 Å². The highest BCUT2D eigenvalue weighted by Crippen LogP contribution is 2.45. The maximum absolute atomic E-state index is 14.5. The van der Waals surface area contributed by atoms with Crippen molar-refractivity contribution in [1.29, 1.82) is 0 Å². The Morgan fingerprint density at radius 2 is 2.07 bits per heavy atom. The molecular formula is C31H39FN4O8. The number of benzene rings is 1. The van der Waals surface area contributed by atoms with Crippen LogP contribution in [0.1, 0.15) is 62.1 Å². The van der Waals surface area contributed by atoms with E-state index in [1.165, 1.54) is 23.0 Å². The largest absolute Gasteiger partial charge is 0.479 e. The summed E-state index contributed by atoms with van der Waals surface area (Å²) in [6.07, 6.45) is 6.48. The average Bonchev–Trinajstić information content (AvgIpc) is 3.53. The monoisotopic (exact) mass is 614 g/mol. The van der Waals surface area contributed by atoms with Crippen molar-refractivity contribution in [3.63, 3.8) is 0 Å². The fourth-order valence-electron chi connectivity index (χ4n) is 6.72. The number of nitrogens with zero attached hydrogens (tertiary/aromatic N) is 2. The van der Waals surface area contributed by atoms with Crippen LogP contribution in [0.4, 0.5) is 9.18 Å². The van der Waals surface area contributed by atoms with E-state index in [1.54, 1.807) is 12.1 Å². The van der Waals surface area contributed by atoms with Gasteiger partial charge in [0.15, 0.2) is 0 Å². The van der Waals surface area contributed by atoms with Gasteiger partial charge >= 0.3 is 12.1 Å². The molecule has 0 bridgehead atoms. The van der Waals surface area contributed by atoms with Gasteiger partial charge in [-0.1, -0.05) is 37.1 Å². The molecule has 0 spiro atoms. The zero-order chi connectivity index (χ0) is 31.4. The first-order chi connectivity index (χ1) is 21.2. The Kier molecular flexibility index (Phi) is 9.52. The first kappa shape index (κ1) is 31.4. The van der Waals surface area contributed by atoms with Crippen LogP contribution in [0.2, 0.25) is 0 Å². The molecule has 2 unspecified atom stereocenters. The van der Waals surface area contributed by atoms with Gasteiger partial charge in [0, 0.05) is 26.0 Å². The number of carboxylic acid groups (broad SMARTS) is 1. The molecule has 6 atom stereocenters. The number of aliphatic carboxylic acids is 1. The van der Waals surface area contributed by atoms with E-state index in [0.29, 0.717) is 30.4 Å². The Hall–Kier alpha value is -4.00. The average molecular weight is 615 g/mol. The molecule has 0 radical (unpaired) electrons. The lowest BCUT2D eigenvalue weighted by Crippen LogP contribution is -2.55. The van der Waals surface area contributed by atoms with Crippen molar-refractivity contribution in [3.05, 3.63) is 47.3 Å². The van der Waals surface area contributed by atoms with Crippen LogP contribution in [0.5, 0.6) is 0 Å². The van der Waals surface area contributed by atoms with Crippen molar-refractivity contribution < 1.29 is 42.9 Å². The lowest BCUT2D eigenvalue weighted by Gasteiger charge is -2.36. The van der Waals surface area contributed by atoms with Crippen LogP contribution in [0, 0.1) is 11.7 Å². The summed E-state index contributed by atoms with van der Waals surface area (Å²) >= 11 is 0. The molecule has 4 amide bonds. The van der Waals surface area contributed by atoms with E-state index in [4.69, 9.17) is 9.47 Å². The Morgan fingerprint density at radius 3 is 2.82 bits per heavy atom. The van der Waals surface area contributed by atoms with Crippen LogP contribution < -0.4 is 10.6 Å². The third-order valence-corrected chi connectivity index (χ3v) is 9.21. The zero-order valence-electron chi connectivity index (χ0n) is 24.7. The standard InChI is InChI=1S/C31H39FN4O8/c1-43-17-26-22-9-7-10-23(32)21(22)12-13-35(26)30(42)44-20-14-25-27(38)34-31(29(40)41)15-19(31)8-5-3-2-4-6-11-24(33-18-37)28(39)36(25)16-20/h5,7-10,18-20,24-26H,2-4,6,11-17H2,1H3,(H,33,37)(H,34,38)(H,40,41)/b8-5-/t19-,20-,24+,25?,26?,31-/m1/s1. The van der Waals surface area contributed by atoms with E-state index in [9.17, 15) is 33.5 Å². The number of rotatable bonds is 6. The molecule has 1 aliphatic carbocycles. The van der Waals surface area contributed by atoms with Crippen LogP contribution >= 0.6 is 0 Å². The SMILES string of the molecule is COCC1c2cccc(F)c2CCN1C(=O)O[C@@H]1CC2C(=O)N[C@]3(C(=O)O)C[C@H]3/C=C\CCCCC[C@H](NC=O)C(=O)N2C1. The number of amides is 4. The lowest BCUT2D eigenvalue weighted by molar-refractivity contribution is -0.146. The summed E-state index contributed by atoms with van der Waals surface area (Å²) in [7, 11) is 1.48. The maximum Gasteiger partial charge on any atom is 0.410 e. The Labute approximate surface area is 254 Å². The summed E-state index contributed by atoms with van der Waals surface area (Å²) in [5.41, 5.74) is -0.331. The predicted molar refractivity (Wildman–Crippen MR) is 154 cm³/mol. The smallest absolute Gasteiger partial charge is 0.410 e. The van der Waals surface area contributed by atoms with Gasteiger partial charge in [-0.05, 0) is 49.3 Å². The van der Waals surface area contributed by atoms with Gasteiger partial charge < -0.3 is 30.1 Å². The molecule has 3 N–H and O–H groups in total. The highest BCUT2D eigenvalue weighted by atomic mass is 19.1. The molecule has 0 aromatic heterocycles. The molecule has 1 aromatic carbocycles. The normalized spacial score (nSPS) is 31.3. The van der Waals surface area contributed by atoms with E-state index in [2.05, 4.69) is 10.6 Å². The Morgan fingerprint density at radius 1 is 1.25 bits per heavy atom. The van der Waals surface area contributed by atoms with E-state index in [-0.39, 0.29) is 50.7 Å². The number of carbonyl (C=O) groups excluding carboxylic acids is 4. The molecular weight excluding hydrogens is 575 g/mol. The summed E-state index contributed by atoms with van der Waals surface area (Å²) in [6, 6.07) is 2.09. The molecule has 13 heteroatoms. The van der Waals surface area contributed by atoms with Gasteiger partial charge in [0.2, 0.25) is 18.2 Å². The second kappa shape index (κ2) is 13.3. The lowest BCUT2D eigenvalue weighted by atomic mass is 9.93. The number of carbonyl (C=O) groups is 5. The predicted octanol–water partition coefficient (Wildman–Crippen LogP) is 2.07. The number of hydrogen-bond acceptors (Lipinski definition) is 7. The summed E-state index contributed by atoms with van der Waals surface area (Å²) in [4.78, 5) is 67.3. The first-order valence-corrected chi connectivity index (χ1v) is 15.2. The Balaban J connectivity index is 1.37. The Bertz CT molecular complexity index is 1320. The number of carboxylic acids is 1. The number of hydrogen-bond donors (Lipinski definition) is 3. The minimum absolute atomic E-state index is 0.0542. The molecule has 1 saturated heterocycles. The molecule has 1 saturated carbocycles. The highest BCUT2D eigenvalue weighted by Gasteiger charge is 2.61. The maximum atomic E-state index is 14.5. The quantitative estimate of drug-likeness (QED) is 0.325. The molecule has 2 fully saturated rings. The number of methoxy groups -OCH3 is 1. The number of ether oxygens (including phenoxy) is 2. The molecule has 1 aromatic rings. The van der Waals surface area contributed by atoms with Gasteiger partial charge in [-0.2, -0.15) is 0 Å². The topological polar surface area (TPSA) is 155 Å². The first-order valence-electron chi connectivity index (χ1n) is 15.2. The fourth-order valence-corrected chi connectivity index (χ4v) is 6.72. The highest BCUT2D eigenvalue weighted by molar-refractivity contribution is 5.96.